The molecule has 0 aromatic heterocycles. The fourth-order valence-electron chi connectivity index (χ4n) is 4.44. The van der Waals surface area contributed by atoms with Gasteiger partial charge in [-0.3, -0.25) is 44.2 Å². The smallest absolute Gasteiger partial charge is 0.334 e. The quantitative estimate of drug-likeness (QED) is 0.0897. The molecule has 1 aromatic rings. The molecule has 0 atom stereocenters. The lowest BCUT2D eigenvalue weighted by Crippen LogP contribution is -2.64. The van der Waals surface area contributed by atoms with E-state index < -0.39 is 65.3 Å². The van der Waals surface area contributed by atoms with E-state index in [-0.39, 0.29) is 45.2 Å². The maximum Gasteiger partial charge on any atom is 0.334 e. The lowest BCUT2D eigenvalue weighted by atomic mass is 9.73. The second-order valence-electron chi connectivity index (χ2n) is 9.77. The molecule has 1 aromatic carbocycles. The third-order valence-corrected chi connectivity index (χ3v) is 6.69. The lowest BCUT2D eigenvalue weighted by molar-refractivity contribution is -0.197. The van der Waals surface area contributed by atoms with Crippen LogP contribution in [0.2, 0.25) is 0 Å². The highest BCUT2D eigenvalue weighted by Gasteiger charge is 2.51. The Bertz CT molecular complexity index is 1260. The van der Waals surface area contributed by atoms with E-state index in [1.165, 1.54) is 0 Å². The minimum atomic E-state index is -1.57. The van der Waals surface area contributed by atoms with Crippen molar-refractivity contribution in [2.45, 2.75) is 56.8 Å². The molecule has 230 valence electrons. The van der Waals surface area contributed by atoms with E-state index in [2.05, 4.69) is 31.4 Å². The van der Waals surface area contributed by atoms with E-state index in [1.54, 1.807) is 30.3 Å². The maximum atomic E-state index is 12.7. The summed E-state index contributed by atoms with van der Waals surface area (Å²) < 4.78 is 0. The van der Waals surface area contributed by atoms with E-state index in [1.807, 2.05) is 0 Å². The number of barbiturate groups is 1. The van der Waals surface area contributed by atoms with Gasteiger partial charge in [0.05, 0.1) is 19.5 Å². The molecule has 2 heterocycles. The molecule has 0 bridgehead atoms. The zero-order valence-electron chi connectivity index (χ0n) is 23.2. The van der Waals surface area contributed by atoms with Crippen molar-refractivity contribution in [3.05, 3.63) is 35.9 Å². The number of rotatable bonds is 15. The molecule has 16 nitrogen and oxygen atoms in total. The van der Waals surface area contributed by atoms with Gasteiger partial charge in [0, 0.05) is 25.8 Å². The molecule has 9 amide bonds. The summed E-state index contributed by atoms with van der Waals surface area (Å²) >= 11 is 0. The number of hydroxylamine groups is 2. The normalized spacial score (nSPS) is 15.8. The highest BCUT2D eigenvalue weighted by Crippen LogP contribution is 2.33. The number of imide groups is 3. The van der Waals surface area contributed by atoms with Crippen LogP contribution in [0.15, 0.2) is 30.3 Å². The van der Waals surface area contributed by atoms with Crippen LogP contribution in [0.1, 0.15) is 56.9 Å². The van der Waals surface area contributed by atoms with Crippen molar-refractivity contribution >= 4 is 53.4 Å². The second-order valence-corrected chi connectivity index (χ2v) is 9.77. The van der Waals surface area contributed by atoms with Gasteiger partial charge in [-0.25, -0.2) is 9.59 Å². The van der Waals surface area contributed by atoms with Gasteiger partial charge in [-0.15, -0.1) is 5.06 Å². The van der Waals surface area contributed by atoms with Crippen LogP contribution in [-0.2, 0) is 48.6 Å². The third kappa shape index (κ3) is 8.92. The van der Waals surface area contributed by atoms with Gasteiger partial charge in [0.25, 0.3) is 11.8 Å². The van der Waals surface area contributed by atoms with Gasteiger partial charge in [-0.05, 0) is 18.4 Å². The van der Waals surface area contributed by atoms with Gasteiger partial charge in [0.1, 0.15) is 0 Å². The predicted molar refractivity (Wildman–Crippen MR) is 144 cm³/mol. The predicted octanol–water partition coefficient (Wildman–Crippen LogP) is -1.41. The fraction of sp³-hybridized carbons (Fsp3) is 0.444. The molecular weight excluding hydrogens is 568 g/mol. The number of unbranched alkanes of at least 4 members (excludes halogenated alkanes) is 2. The number of carbonyl (C=O) groups is 9. The summed E-state index contributed by atoms with van der Waals surface area (Å²) in [6.45, 7) is -0.939. The summed E-state index contributed by atoms with van der Waals surface area (Å²) in [6, 6.07) is 7.51. The Hall–Kier alpha value is -5.15. The first-order valence-electron chi connectivity index (χ1n) is 13.6. The molecule has 0 aliphatic carbocycles. The number of urea groups is 1. The first-order chi connectivity index (χ1) is 20.5. The molecule has 5 N–H and O–H groups in total. The minimum absolute atomic E-state index is 0.0356. The van der Waals surface area contributed by atoms with Crippen molar-refractivity contribution in [1.29, 1.82) is 0 Å². The van der Waals surface area contributed by atoms with E-state index in [0.29, 0.717) is 29.9 Å². The Morgan fingerprint density at radius 2 is 1.33 bits per heavy atom. The standard InChI is InChI=1S/C27H32N6O10/c34-18(9-5-2-6-13-27(17-7-3-1-4-8-17)24(40)31-26(42)32-25(27)41)29-16-20(36)30-15-19(35)28-14-12-23(39)43-33-21(37)10-11-22(33)38/h1,3-4,7-8H,2,5-6,9-16H2,(H,28,35)(H,29,34)(H,30,36)(H2,31,32,40,41,42). The average Bonchev–Trinajstić information content (AvgIpc) is 3.28. The molecule has 3 rings (SSSR count). The van der Waals surface area contributed by atoms with Crippen LogP contribution in [0.5, 0.6) is 0 Å². The van der Waals surface area contributed by atoms with Crippen LogP contribution in [0.3, 0.4) is 0 Å². The summed E-state index contributed by atoms with van der Waals surface area (Å²) in [5.74, 6) is -5.18. The molecule has 0 saturated carbocycles. The molecule has 2 saturated heterocycles. The van der Waals surface area contributed by atoms with Crippen molar-refractivity contribution < 1.29 is 48.0 Å². The van der Waals surface area contributed by atoms with E-state index >= 15 is 0 Å². The van der Waals surface area contributed by atoms with Crippen molar-refractivity contribution in [3.63, 3.8) is 0 Å². The Balaban J connectivity index is 1.28. The maximum absolute atomic E-state index is 12.7. The van der Waals surface area contributed by atoms with E-state index in [4.69, 9.17) is 0 Å². The van der Waals surface area contributed by atoms with E-state index in [0.717, 1.165) is 0 Å². The van der Waals surface area contributed by atoms with Gasteiger partial charge in [0.15, 0.2) is 5.41 Å². The first kappa shape index (κ1) is 32.4. The van der Waals surface area contributed by atoms with Crippen LogP contribution < -0.4 is 26.6 Å². The van der Waals surface area contributed by atoms with Crippen LogP contribution >= 0.6 is 0 Å². The highest BCUT2D eigenvalue weighted by molar-refractivity contribution is 6.22. The molecular formula is C27H32N6O10. The van der Waals surface area contributed by atoms with E-state index in [9.17, 15) is 43.2 Å². The SMILES string of the molecule is O=C(CCCCCC1(c2ccccc2)C(=O)NC(=O)NC1=O)NCC(=O)NCC(=O)NCCC(=O)ON1C(=O)CCC1=O. The summed E-state index contributed by atoms with van der Waals surface area (Å²) in [5.41, 5.74) is -1.12. The molecule has 2 aliphatic rings. The van der Waals surface area contributed by atoms with Gasteiger partial charge >= 0.3 is 12.0 Å². The van der Waals surface area contributed by atoms with Crippen molar-refractivity contribution in [1.82, 2.24) is 31.6 Å². The minimum Gasteiger partial charge on any atom is -0.354 e. The highest BCUT2D eigenvalue weighted by atomic mass is 16.7. The Morgan fingerprint density at radius 3 is 1.95 bits per heavy atom. The largest absolute Gasteiger partial charge is 0.354 e. The molecule has 2 aliphatic heterocycles. The van der Waals surface area contributed by atoms with Gasteiger partial charge in [-0.2, -0.15) is 0 Å². The van der Waals surface area contributed by atoms with Gasteiger partial charge < -0.3 is 20.8 Å². The molecule has 0 unspecified atom stereocenters. The monoisotopic (exact) mass is 600 g/mol. The van der Waals surface area contributed by atoms with Crippen molar-refractivity contribution in [2.75, 3.05) is 19.6 Å². The van der Waals surface area contributed by atoms with Gasteiger partial charge in [0.2, 0.25) is 29.5 Å². The van der Waals surface area contributed by atoms with Crippen LogP contribution in [0.4, 0.5) is 4.79 Å². The van der Waals surface area contributed by atoms with Crippen LogP contribution in [-0.4, -0.2) is 78.0 Å². The first-order valence-corrected chi connectivity index (χ1v) is 13.6. The Kier molecular flexibility index (Phi) is 11.4. The van der Waals surface area contributed by atoms with Crippen LogP contribution in [0, 0.1) is 0 Å². The number of amides is 9. The number of nitrogens with one attached hydrogen (secondary N) is 5. The molecule has 16 heteroatoms. The third-order valence-electron chi connectivity index (χ3n) is 6.69. The number of hydrogen-bond donors (Lipinski definition) is 5. The Labute approximate surface area is 245 Å². The van der Waals surface area contributed by atoms with Crippen molar-refractivity contribution in [2.24, 2.45) is 0 Å². The second kappa shape index (κ2) is 15.2. The number of benzene rings is 1. The molecule has 0 spiro atoms. The number of nitrogens with zero attached hydrogens (tertiary/aromatic N) is 1. The van der Waals surface area contributed by atoms with Crippen molar-refractivity contribution in [3.8, 4) is 0 Å². The Morgan fingerprint density at radius 1 is 0.744 bits per heavy atom. The van der Waals surface area contributed by atoms with Gasteiger partial charge in [-0.1, -0.05) is 43.2 Å². The zero-order valence-corrected chi connectivity index (χ0v) is 23.2. The summed E-state index contributed by atoms with van der Waals surface area (Å²) in [7, 11) is 0. The summed E-state index contributed by atoms with van der Waals surface area (Å²) in [4.78, 5) is 112. The average molecular weight is 601 g/mol. The zero-order chi connectivity index (χ0) is 31.4. The fourth-order valence-corrected chi connectivity index (χ4v) is 4.44. The number of hydrogen-bond acceptors (Lipinski definition) is 10. The lowest BCUT2D eigenvalue weighted by Gasteiger charge is -2.34. The molecule has 43 heavy (non-hydrogen) atoms. The van der Waals surface area contributed by atoms with Crippen LogP contribution in [0.25, 0.3) is 0 Å². The summed E-state index contributed by atoms with van der Waals surface area (Å²) in [6.07, 6.45) is 1.12. The summed E-state index contributed by atoms with van der Waals surface area (Å²) in [5, 5.41) is 11.8. The molecule has 0 radical (unpaired) electrons. The topological polar surface area (TPSA) is 226 Å². The number of carbonyl (C=O) groups excluding carboxylic acids is 9. The molecule has 2 fully saturated rings.